The molecule has 2 aliphatic heterocycles. The largest absolute Gasteiger partial charge is 0.458 e. The van der Waals surface area contributed by atoms with E-state index in [4.69, 9.17) is 9.72 Å². The molecule has 1 atom stereocenters. The van der Waals surface area contributed by atoms with Gasteiger partial charge >= 0.3 is 5.97 Å². The van der Waals surface area contributed by atoms with Gasteiger partial charge in [0, 0.05) is 22.1 Å². The Kier molecular flexibility index (Phi) is 5.51. The number of esters is 1. The van der Waals surface area contributed by atoms with Crippen molar-refractivity contribution in [2.45, 2.75) is 45.9 Å². The Balaban J connectivity index is 1.62. The highest BCUT2D eigenvalue weighted by Gasteiger charge is 2.45. The number of rotatable bonds is 4. The highest BCUT2D eigenvalue weighted by atomic mass is 16.6. The average molecular weight is 458 g/mol. The first kappa shape index (κ1) is 22.3. The first-order valence-corrected chi connectivity index (χ1v) is 11.7. The predicted octanol–water partition coefficient (Wildman–Crippen LogP) is 2.77. The van der Waals surface area contributed by atoms with Crippen LogP contribution in [0.4, 0.5) is 0 Å². The molecule has 7 heteroatoms. The third-order valence-electron chi connectivity index (χ3n) is 6.97. The van der Waals surface area contributed by atoms with Crippen LogP contribution in [0.15, 0.2) is 35.1 Å². The highest BCUT2D eigenvalue weighted by Crippen LogP contribution is 2.38. The Hall–Kier alpha value is -3.47. The van der Waals surface area contributed by atoms with Gasteiger partial charge in [-0.2, -0.15) is 0 Å². The van der Waals surface area contributed by atoms with E-state index < -0.39 is 11.6 Å². The number of carbonyl (C=O) groups is 1. The first-order valence-electron chi connectivity index (χ1n) is 11.7. The van der Waals surface area contributed by atoms with Crippen LogP contribution in [0.25, 0.3) is 22.3 Å². The van der Waals surface area contributed by atoms with Crippen LogP contribution in [0.5, 0.6) is 0 Å². The fraction of sp³-hybridized carbons (Fsp3) is 0.370. The molecule has 3 aromatic rings. The van der Waals surface area contributed by atoms with Crippen molar-refractivity contribution >= 4 is 16.9 Å². The van der Waals surface area contributed by atoms with Gasteiger partial charge in [-0.1, -0.05) is 38.7 Å². The van der Waals surface area contributed by atoms with Gasteiger partial charge in [0.05, 0.1) is 35.6 Å². The van der Waals surface area contributed by atoms with E-state index in [1.807, 2.05) is 18.2 Å². The summed E-state index contributed by atoms with van der Waals surface area (Å²) in [5.41, 5.74) is 2.49. The van der Waals surface area contributed by atoms with Gasteiger partial charge in [-0.05, 0) is 43.8 Å². The molecule has 0 fully saturated rings. The number of aromatic nitrogens is 2. The molecule has 34 heavy (non-hydrogen) atoms. The van der Waals surface area contributed by atoms with Crippen molar-refractivity contribution in [3.63, 3.8) is 0 Å². The van der Waals surface area contributed by atoms with Gasteiger partial charge in [-0.3, -0.25) is 9.69 Å². The summed E-state index contributed by atoms with van der Waals surface area (Å²) >= 11 is 0. The predicted molar refractivity (Wildman–Crippen MR) is 129 cm³/mol. The Morgan fingerprint density at radius 3 is 2.74 bits per heavy atom. The number of cyclic esters (lactones) is 1. The van der Waals surface area contributed by atoms with Gasteiger partial charge in [-0.15, -0.1) is 0 Å². The summed E-state index contributed by atoms with van der Waals surface area (Å²) in [6.45, 7) is 8.80. The molecule has 0 radical (unpaired) electrons. The first-order chi connectivity index (χ1) is 16.4. The van der Waals surface area contributed by atoms with E-state index in [0.717, 1.165) is 35.1 Å². The summed E-state index contributed by atoms with van der Waals surface area (Å²) in [6.07, 6.45) is 0.120. The number of benzene rings is 1. The molecule has 0 saturated carbocycles. The van der Waals surface area contributed by atoms with Crippen molar-refractivity contribution in [1.82, 2.24) is 14.5 Å². The lowest BCUT2D eigenvalue weighted by Crippen LogP contribution is -2.44. The second-order valence-corrected chi connectivity index (χ2v) is 8.73. The van der Waals surface area contributed by atoms with Crippen LogP contribution in [0.2, 0.25) is 0 Å². The van der Waals surface area contributed by atoms with Crippen molar-refractivity contribution in [3.8, 4) is 23.2 Å². The Labute approximate surface area is 198 Å². The minimum Gasteiger partial charge on any atom is -0.458 e. The minimum atomic E-state index is -1.82. The van der Waals surface area contributed by atoms with Crippen molar-refractivity contribution in [1.29, 1.82) is 0 Å². The minimum absolute atomic E-state index is 0.120. The van der Waals surface area contributed by atoms with Gasteiger partial charge in [-0.25, -0.2) is 9.78 Å². The molecule has 0 spiro atoms. The maximum absolute atomic E-state index is 13.3. The zero-order chi connectivity index (χ0) is 24.0. The Morgan fingerprint density at radius 2 is 2.00 bits per heavy atom. The fourth-order valence-electron chi connectivity index (χ4n) is 4.81. The molecule has 2 aromatic heterocycles. The van der Waals surface area contributed by atoms with Crippen LogP contribution in [-0.4, -0.2) is 45.2 Å². The molecule has 2 aliphatic rings. The molecule has 4 heterocycles. The normalized spacial score (nSPS) is 18.2. The average Bonchev–Trinajstić information content (AvgIpc) is 3.21. The number of ether oxygens (including phenoxy) is 1. The Morgan fingerprint density at radius 1 is 1.21 bits per heavy atom. The van der Waals surface area contributed by atoms with E-state index in [0.29, 0.717) is 35.6 Å². The van der Waals surface area contributed by atoms with Crippen LogP contribution < -0.4 is 5.56 Å². The standard InChI is InChI=1S/C27H27N3O4/c1-4-27(33)21-14-23-24-18(15-30(23)25(31)20(21)16-34-26(27)32)13-19-17(9-7-11-22(19)28-24)10-8-12-29(5-2)6-3/h7,9,11,13-14,33H,4-6,12,15-16H2,1-3H3/t27-/m0/s1. The lowest BCUT2D eigenvalue weighted by molar-refractivity contribution is -0.172. The maximum atomic E-state index is 13.3. The topological polar surface area (TPSA) is 84.7 Å². The molecule has 0 bridgehead atoms. The summed E-state index contributed by atoms with van der Waals surface area (Å²) in [5.74, 6) is 5.84. The van der Waals surface area contributed by atoms with Crippen LogP contribution in [0.1, 0.15) is 49.4 Å². The van der Waals surface area contributed by atoms with E-state index in [1.165, 1.54) is 0 Å². The van der Waals surface area contributed by atoms with Crippen molar-refractivity contribution in [3.05, 3.63) is 62.9 Å². The van der Waals surface area contributed by atoms with Gasteiger partial charge < -0.3 is 14.4 Å². The molecule has 7 nitrogen and oxygen atoms in total. The molecule has 5 rings (SSSR count). The van der Waals surface area contributed by atoms with E-state index in [1.54, 1.807) is 17.6 Å². The number of pyridine rings is 2. The number of hydrogen-bond donors (Lipinski definition) is 1. The quantitative estimate of drug-likeness (QED) is 0.375. The van der Waals surface area contributed by atoms with Crippen molar-refractivity contribution in [2.75, 3.05) is 19.6 Å². The van der Waals surface area contributed by atoms with Crippen LogP contribution in [-0.2, 0) is 28.3 Å². The van der Waals surface area contributed by atoms with Gasteiger partial charge in [0.15, 0.2) is 5.60 Å². The molecule has 174 valence electrons. The number of carbonyl (C=O) groups excluding carboxylic acids is 1. The van der Waals surface area contributed by atoms with Crippen LogP contribution in [0, 0.1) is 11.8 Å². The summed E-state index contributed by atoms with van der Waals surface area (Å²) in [5, 5.41) is 12.0. The lowest BCUT2D eigenvalue weighted by atomic mass is 9.86. The van der Waals surface area contributed by atoms with Gasteiger partial charge in [0.25, 0.3) is 5.56 Å². The van der Waals surface area contributed by atoms with E-state index in [9.17, 15) is 14.7 Å². The zero-order valence-corrected chi connectivity index (χ0v) is 19.6. The van der Waals surface area contributed by atoms with E-state index in [-0.39, 0.29) is 18.6 Å². The molecular formula is C27H27N3O4. The molecule has 0 saturated heterocycles. The molecule has 0 unspecified atom stereocenters. The fourth-order valence-corrected chi connectivity index (χ4v) is 4.81. The van der Waals surface area contributed by atoms with Crippen molar-refractivity contribution < 1.29 is 14.6 Å². The third-order valence-corrected chi connectivity index (χ3v) is 6.97. The smallest absolute Gasteiger partial charge is 0.343 e. The number of aliphatic hydroxyl groups is 1. The summed E-state index contributed by atoms with van der Waals surface area (Å²) in [4.78, 5) is 32.8. The molecule has 1 N–H and O–H groups in total. The number of hydrogen-bond acceptors (Lipinski definition) is 6. The van der Waals surface area contributed by atoms with Crippen LogP contribution >= 0.6 is 0 Å². The molecule has 1 aromatic carbocycles. The third kappa shape index (κ3) is 3.33. The monoisotopic (exact) mass is 457 g/mol. The van der Waals surface area contributed by atoms with Gasteiger partial charge in [0.2, 0.25) is 0 Å². The number of fused-ring (bicyclic) bond motifs is 5. The van der Waals surface area contributed by atoms with E-state index in [2.05, 4.69) is 36.7 Å². The molecule has 0 aliphatic carbocycles. The highest BCUT2D eigenvalue weighted by molar-refractivity contribution is 5.89. The Bertz CT molecular complexity index is 1440. The van der Waals surface area contributed by atoms with Crippen LogP contribution in [0.3, 0.4) is 0 Å². The van der Waals surface area contributed by atoms with Gasteiger partial charge in [0.1, 0.15) is 6.61 Å². The summed E-state index contributed by atoms with van der Waals surface area (Å²) < 4.78 is 6.79. The summed E-state index contributed by atoms with van der Waals surface area (Å²) in [6, 6.07) is 9.65. The number of nitrogens with zero attached hydrogens (tertiary/aromatic N) is 3. The SMILES string of the molecule is CCN(CC)CC#Cc1cccc2nc3c(cc12)Cn1c-3cc2c(c1=O)COC(=O)[C@]2(O)CC. The zero-order valence-electron chi connectivity index (χ0n) is 19.6. The second-order valence-electron chi connectivity index (χ2n) is 8.73. The summed E-state index contributed by atoms with van der Waals surface area (Å²) in [7, 11) is 0. The molecule has 0 amide bonds. The van der Waals surface area contributed by atoms with E-state index >= 15 is 0 Å². The lowest BCUT2D eigenvalue weighted by Gasteiger charge is -2.31. The second kappa shape index (κ2) is 8.39. The van der Waals surface area contributed by atoms with Crippen molar-refractivity contribution in [2.24, 2.45) is 0 Å². The maximum Gasteiger partial charge on any atom is 0.343 e. The molecular weight excluding hydrogens is 430 g/mol.